The molecule has 3 rings (SSSR count). The molecule has 2 aromatic rings. The Hall–Kier alpha value is -2.40. The standard InChI is InChI=1S/C18H16ClFN2O2/c1-11-2-7-15(9-16(11)19)22-10-12(8-17(22)23)18(24)21-14-5-3-13(20)4-6-14/h2-7,9,12H,8,10H2,1H3,(H,21,24)/t12-/m1/s1. The fraction of sp³-hybridized carbons (Fsp3) is 0.222. The second-order valence-electron chi connectivity index (χ2n) is 5.84. The minimum absolute atomic E-state index is 0.117. The van der Waals surface area contributed by atoms with E-state index in [1.165, 1.54) is 24.3 Å². The van der Waals surface area contributed by atoms with Crippen molar-refractivity contribution in [1.82, 2.24) is 0 Å². The smallest absolute Gasteiger partial charge is 0.229 e. The molecule has 1 N–H and O–H groups in total. The second-order valence-corrected chi connectivity index (χ2v) is 6.24. The first-order chi connectivity index (χ1) is 11.4. The average molecular weight is 347 g/mol. The van der Waals surface area contributed by atoms with Gasteiger partial charge in [0.15, 0.2) is 0 Å². The molecule has 1 heterocycles. The molecule has 124 valence electrons. The molecule has 2 aromatic carbocycles. The predicted molar refractivity (Wildman–Crippen MR) is 91.7 cm³/mol. The van der Waals surface area contributed by atoms with Gasteiger partial charge >= 0.3 is 0 Å². The predicted octanol–water partition coefficient (Wildman–Crippen LogP) is 3.78. The van der Waals surface area contributed by atoms with Gasteiger partial charge in [0.2, 0.25) is 11.8 Å². The van der Waals surface area contributed by atoms with Crippen molar-refractivity contribution in [3.63, 3.8) is 0 Å². The summed E-state index contributed by atoms with van der Waals surface area (Å²) in [4.78, 5) is 26.1. The maximum absolute atomic E-state index is 12.9. The van der Waals surface area contributed by atoms with Crippen molar-refractivity contribution in [2.75, 3.05) is 16.8 Å². The number of anilines is 2. The number of carbonyl (C=O) groups is 2. The molecule has 1 saturated heterocycles. The molecule has 1 aliphatic rings. The van der Waals surface area contributed by atoms with Crippen LogP contribution < -0.4 is 10.2 Å². The van der Waals surface area contributed by atoms with Crippen LogP contribution in [-0.2, 0) is 9.59 Å². The maximum atomic E-state index is 12.9. The average Bonchev–Trinajstić information content (AvgIpc) is 2.94. The van der Waals surface area contributed by atoms with Gasteiger partial charge in [-0.1, -0.05) is 17.7 Å². The second kappa shape index (κ2) is 6.61. The number of nitrogens with zero attached hydrogens (tertiary/aromatic N) is 1. The number of nitrogens with one attached hydrogen (secondary N) is 1. The SMILES string of the molecule is Cc1ccc(N2C[C@H](C(=O)Nc3ccc(F)cc3)CC2=O)cc1Cl. The van der Waals surface area contributed by atoms with E-state index in [2.05, 4.69) is 5.32 Å². The molecule has 2 amide bonds. The molecular weight excluding hydrogens is 331 g/mol. The van der Waals surface area contributed by atoms with Crippen molar-refractivity contribution in [3.8, 4) is 0 Å². The molecule has 0 saturated carbocycles. The number of carbonyl (C=O) groups excluding carboxylic acids is 2. The number of hydrogen-bond acceptors (Lipinski definition) is 2. The summed E-state index contributed by atoms with van der Waals surface area (Å²) in [6, 6.07) is 10.9. The number of amides is 2. The van der Waals surface area contributed by atoms with Crippen molar-refractivity contribution in [2.45, 2.75) is 13.3 Å². The van der Waals surface area contributed by atoms with Crippen LogP contribution in [0.4, 0.5) is 15.8 Å². The monoisotopic (exact) mass is 346 g/mol. The molecule has 24 heavy (non-hydrogen) atoms. The van der Waals surface area contributed by atoms with E-state index in [1.54, 1.807) is 11.0 Å². The Kier molecular flexibility index (Phi) is 4.53. The molecule has 0 spiro atoms. The Morgan fingerprint density at radius 3 is 2.62 bits per heavy atom. The van der Waals surface area contributed by atoms with E-state index in [4.69, 9.17) is 11.6 Å². The van der Waals surface area contributed by atoms with Gasteiger partial charge in [-0.2, -0.15) is 0 Å². The van der Waals surface area contributed by atoms with Gasteiger partial charge in [-0.25, -0.2) is 4.39 Å². The summed E-state index contributed by atoms with van der Waals surface area (Å²) in [5.74, 6) is -1.20. The van der Waals surface area contributed by atoms with Crippen molar-refractivity contribution in [2.24, 2.45) is 5.92 Å². The number of hydrogen-bond donors (Lipinski definition) is 1. The van der Waals surface area contributed by atoms with Crippen LogP contribution in [0.3, 0.4) is 0 Å². The van der Waals surface area contributed by atoms with Crippen LogP contribution >= 0.6 is 11.6 Å². The van der Waals surface area contributed by atoms with Gasteiger partial charge in [-0.05, 0) is 48.9 Å². The molecule has 1 atom stereocenters. The van der Waals surface area contributed by atoms with Crippen LogP contribution in [0.25, 0.3) is 0 Å². The van der Waals surface area contributed by atoms with E-state index in [-0.39, 0.29) is 24.1 Å². The van der Waals surface area contributed by atoms with Crippen LogP contribution in [-0.4, -0.2) is 18.4 Å². The molecule has 0 unspecified atom stereocenters. The zero-order valence-corrected chi connectivity index (χ0v) is 13.8. The Morgan fingerprint density at radius 1 is 1.25 bits per heavy atom. The van der Waals surface area contributed by atoms with Crippen LogP contribution in [0.15, 0.2) is 42.5 Å². The molecule has 1 aliphatic heterocycles. The lowest BCUT2D eigenvalue weighted by Gasteiger charge is -2.17. The van der Waals surface area contributed by atoms with Crippen molar-refractivity contribution < 1.29 is 14.0 Å². The first-order valence-electron chi connectivity index (χ1n) is 7.57. The first kappa shape index (κ1) is 16.5. The van der Waals surface area contributed by atoms with E-state index in [1.807, 2.05) is 19.1 Å². The maximum Gasteiger partial charge on any atom is 0.229 e. The zero-order chi connectivity index (χ0) is 17.3. The molecule has 0 radical (unpaired) electrons. The molecule has 0 aliphatic carbocycles. The van der Waals surface area contributed by atoms with Gasteiger partial charge in [-0.3, -0.25) is 9.59 Å². The molecule has 0 bridgehead atoms. The highest BCUT2D eigenvalue weighted by Gasteiger charge is 2.35. The minimum atomic E-state index is -0.456. The third kappa shape index (κ3) is 3.41. The van der Waals surface area contributed by atoms with Crippen LogP contribution in [0.5, 0.6) is 0 Å². The molecule has 1 fully saturated rings. The Morgan fingerprint density at radius 2 is 1.96 bits per heavy atom. The van der Waals surface area contributed by atoms with Crippen molar-refractivity contribution in [3.05, 3.63) is 58.9 Å². The third-order valence-corrected chi connectivity index (χ3v) is 4.48. The summed E-state index contributed by atoms with van der Waals surface area (Å²) in [7, 11) is 0. The van der Waals surface area contributed by atoms with Crippen LogP contribution in [0.1, 0.15) is 12.0 Å². The Balaban J connectivity index is 1.70. The van der Waals surface area contributed by atoms with Crippen molar-refractivity contribution in [1.29, 1.82) is 0 Å². The van der Waals surface area contributed by atoms with Gasteiger partial charge in [0.05, 0.1) is 5.92 Å². The highest BCUT2D eigenvalue weighted by atomic mass is 35.5. The van der Waals surface area contributed by atoms with E-state index in [0.717, 1.165) is 5.56 Å². The summed E-state index contributed by atoms with van der Waals surface area (Å²) < 4.78 is 12.9. The van der Waals surface area contributed by atoms with E-state index >= 15 is 0 Å². The topological polar surface area (TPSA) is 49.4 Å². The third-order valence-electron chi connectivity index (χ3n) is 4.07. The number of halogens is 2. The Labute approximate surface area is 144 Å². The quantitative estimate of drug-likeness (QED) is 0.919. The lowest BCUT2D eigenvalue weighted by molar-refractivity contribution is -0.122. The lowest BCUT2D eigenvalue weighted by atomic mass is 10.1. The van der Waals surface area contributed by atoms with E-state index in [0.29, 0.717) is 22.9 Å². The van der Waals surface area contributed by atoms with Gasteiger partial charge in [0, 0.05) is 29.4 Å². The Bertz CT molecular complexity index is 792. The number of benzene rings is 2. The highest BCUT2D eigenvalue weighted by molar-refractivity contribution is 6.31. The number of rotatable bonds is 3. The fourth-order valence-electron chi connectivity index (χ4n) is 2.66. The van der Waals surface area contributed by atoms with E-state index < -0.39 is 5.92 Å². The fourth-order valence-corrected chi connectivity index (χ4v) is 2.83. The van der Waals surface area contributed by atoms with Gasteiger partial charge < -0.3 is 10.2 Å². The largest absolute Gasteiger partial charge is 0.326 e. The van der Waals surface area contributed by atoms with Crippen LogP contribution in [0.2, 0.25) is 5.02 Å². The summed E-state index contributed by atoms with van der Waals surface area (Å²) in [6.07, 6.45) is 0.137. The first-order valence-corrected chi connectivity index (χ1v) is 7.95. The molecular formula is C18H16ClFN2O2. The van der Waals surface area contributed by atoms with E-state index in [9.17, 15) is 14.0 Å². The highest BCUT2D eigenvalue weighted by Crippen LogP contribution is 2.29. The van der Waals surface area contributed by atoms with Gasteiger partial charge in [0.25, 0.3) is 0 Å². The summed E-state index contributed by atoms with van der Waals surface area (Å²) in [6.45, 7) is 2.18. The number of aryl methyl sites for hydroxylation is 1. The summed E-state index contributed by atoms with van der Waals surface area (Å²) in [5.41, 5.74) is 2.12. The lowest BCUT2D eigenvalue weighted by Crippen LogP contribution is -2.28. The normalized spacial score (nSPS) is 17.2. The van der Waals surface area contributed by atoms with Crippen LogP contribution in [0, 0.1) is 18.7 Å². The zero-order valence-electron chi connectivity index (χ0n) is 13.1. The van der Waals surface area contributed by atoms with Gasteiger partial charge in [0.1, 0.15) is 5.82 Å². The molecule has 6 heteroatoms. The van der Waals surface area contributed by atoms with Crippen molar-refractivity contribution >= 4 is 34.8 Å². The minimum Gasteiger partial charge on any atom is -0.326 e. The van der Waals surface area contributed by atoms with Gasteiger partial charge in [-0.15, -0.1) is 0 Å². The molecule has 0 aromatic heterocycles. The summed E-state index contributed by atoms with van der Waals surface area (Å²) >= 11 is 6.11. The summed E-state index contributed by atoms with van der Waals surface area (Å²) in [5, 5.41) is 3.30. The molecule has 4 nitrogen and oxygen atoms in total.